The Morgan fingerprint density at radius 1 is 0.677 bits per heavy atom. The van der Waals surface area contributed by atoms with Crippen molar-refractivity contribution in [3.63, 3.8) is 0 Å². The van der Waals surface area contributed by atoms with Crippen LogP contribution >= 0.6 is 0 Å². The molecule has 9 heterocycles. The van der Waals surface area contributed by atoms with Crippen LogP contribution < -0.4 is 43.4 Å². The maximum atomic E-state index is 14.6. The molecule has 1 aromatic carbocycles. The number of ether oxygens (including phenoxy) is 1. The van der Waals surface area contributed by atoms with Crippen LogP contribution in [0.4, 0.5) is 0 Å². The highest BCUT2D eigenvalue weighted by Gasteiger charge is 2.71. The van der Waals surface area contributed by atoms with Crippen LogP contribution in [0.2, 0.25) is 0 Å². The van der Waals surface area contributed by atoms with Crippen LogP contribution in [0, 0.1) is 0 Å². The van der Waals surface area contributed by atoms with E-state index in [4.69, 9.17) is 16.2 Å². The van der Waals surface area contributed by atoms with Gasteiger partial charge in [-0.3, -0.25) is 47.9 Å². The van der Waals surface area contributed by atoms with E-state index in [0.29, 0.717) is 5.56 Å². The lowest BCUT2D eigenvalue weighted by molar-refractivity contribution is -0.155. The lowest BCUT2D eigenvalue weighted by Gasteiger charge is -2.42. The van der Waals surface area contributed by atoms with Gasteiger partial charge >= 0.3 is 5.97 Å². The number of hydrogen-bond acceptors (Lipinski definition) is 15. The van der Waals surface area contributed by atoms with Gasteiger partial charge in [-0.05, 0) is 17.7 Å². The van der Waals surface area contributed by atoms with Gasteiger partial charge in [-0.2, -0.15) is 0 Å². The van der Waals surface area contributed by atoms with Gasteiger partial charge in [0.25, 0.3) is 23.6 Å². The number of phenolic OH excluding ortho intramolecular Hbond substituents is 1. The highest BCUT2D eigenvalue weighted by Crippen LogP contribution is 2.45. The van der Waals surface area contributed by atoms with Crippen molar-refractivity contribution in [2.45, 2.75) is 102 Å². The summed E-state index contributed by atoms with van der Waals surface area (Å²) >= 11 is 0. The molecule has 0 bridgehead atoms. The van der Waals surface area contributed by atoms with E-state index in [0.717, 1.165) is 7.11 Å². The predicted octanol–water partition coefficient (Wildman–Crippen LogP) is -7.98. The molecule has 9 fully saturated rings. The molecule has 65 heavy (non-hydrogen) atoms. The second-order valence-corrected chi connectivity index (χ2v) is 19.0. The molecule has 4 spiro atoms. The zero-order valence-electron chi connectivity index (χ0n) is 34.8. The predicted molar refractivity (Wildman–Crippen MR) is 212 cm³/mol. The van der Waals surface area contributed by atoms with Crippen molar-refractivity contribution < 1.29 is 62.6 Å². The van der Waals surface area contributed by atoms with E-state index >= 15 is 0 Å². The maximum absolute atomic E-state index is 14.6. The molecule has 11 atom stereocenters. The minimum atomic E-state index is -1.82. The molecule has 344 valence electrons. The van der Waals surface area contributed by atoms with Gasteiger partial charge in [0.1, 0.15) is 63.7 Å². The minimum Gasteiger partial charge on any atom is -0.508 e. The Hall–Kier alpha value is -6.89. The van der Waals surface area contributed by atoms with Crippen molar-refractivity contribution in [2.75, 3.05) is 39.8 Å². The van der Waals surface area contributed by atoms with Crippen LogP contribution in [0.1, 0.15) is 37.7 Å². The number of aromatic hydroxyl groups is 1. The first-order chi connectivity index (χ1) is 30.7. The Morgan fingerprint density at radius 3 is 1.54 bits per heavy atom. The molecule has 0 saturated carbocycles. The molecule has 25 nitrogen and oxygen atoms in total. The molecule has 9 aliphatic heterocycles. The van der Waals surface area contributed by atoms with Gasteiger partial charge in [-0.15, -0.1) is 0 Å². The fourth-order valence-corrected chi connectivity index (χ4v) is 11.7. The number of carbonyl (C=O) groups is 11. The van der Waals surface area contributed by atoms with Crippen molar-refractivity contribution in [1.29, 1.82) is 0 Å². The summed E-state index contributed by atoms with van der Waals surface area (Å²) in [6, 6.07) is -0.960. The second kappa shape index (κ2) is 13.8. The van der Waals surface area contributed by atoms with Crippen molar-refractivity contribution in [1.82, 2.24) is 51.5 Å². The van der Waals surface area contributed by atoms with Gasteiger partial charge in [0.2, 0.25) is 35.4 Å². The third kappa shape index (κ3) is 5.99. The second-order valence-electron chi connectivity index (χ2n) is 19.0. The van der Waals surface area contributed by atoms with Crippen LogP contribution in [-0.2, 0) is 63.9 Å². The van der Waals surface area contributed by atoms with E-state index in [1.54, 1.807) is 12.1 Å². The average Bonchev–Trinajstić information content (AvgIpc) is 4.10. The average molecular weight is 903 g/mol. The van der Waals surface area contributed by atoms with Gasteiger partial charge in [0.15, 0.2) is 0 Å². The fraction of sp³-hybridized carbons (Fsp3) is 0.575. The Kier molecular flexibility index (Phi) is 8.94. The van der Waals surface area contributed by atoms with E-state index in [1.165, 1.54) is 31.7 Å². The summed E-state index contributed by atoms with van der Waals surface area (Å²) in [7, 11) is 1.13. The summed E-state index contributed by atoms with van der Waals surface area (Å²) < 4.78 is 4.81. The molecule has 1 aromatic rings. The number of esters is 1. The number of rotatable bonds is 6. The zero-order valence-corrected chi connectivity index (χ0v) is 34.8. The summed E-state index contributed by atoms with van der Waals surface area (Å²) in [5.41, 5.74) is 3.81. The van der Waals surface area contributed by atoms with Crippen molar-refractivity contribution in [2.24, 2.45) is 11.5 Å². The topological polar surface area (TPSA) is 354 Å². The summed E-state index contributed by atoms with van der Waals surface area (Å²) in [4.78, 5) is 156. The number of primary amides is 1. The molecule has 10 amide bonds. The van der Waals surface area contributed by atoms with E-state index in [1.807, 2.05) is 0 Å². The largest absolute Gasteiger partial charge is 0.508 e. The lowest BCUT2D eigenvalue weighted by atomic mass is 9.87. The van der Waals surface area contributed by atoms with Crippen molar-refractivity contribution in [3.8, 4) is 5.75 Å². The number of hydrogen-bond donors (Lipinski definition) is 9. The lowest BCUT2D eigenvalue weighted by Crippen LogP contribution is -2.72. The van der Waals surface area contributed by atoms with Crippen LogP contribution in [0.3, 0.4) is 0 Å². The third-order valence-electron chi connectivity index (χ3n) is 15.0. The molecule has 0 radical (unpaired) electrons. The molecule has 10 rings (SSSR count). The van der Waals surface area contributed by atoms with Gasteiger partial charge in [-0.25, -0.2) is 4.79 Å². The first-order valence-corrected chi connectivity index (χ1v) is 21.2. The van der Waals surface area contributed by atoms with Gasteiger partial charge in [0.05, 0.1) is 39.3 Å². The van der Waals surface area contributed by atoms with E-state index in [2.05, 4.69) is 31.9 Å². The minimum absolute atomic E-state index is 0.00805. The van der Waals surface area contributed by atoms with Crippen molar-refractivity contribution >= 4 is 65.0 Å². The van der Waals surface area contributed by atoms with Crippen LogP contribution in [0.15, 0.2) is 24.3 Å². The zero-order chi connectivity index (χ0) is 46.3. The normalized spacial score (nSPS) is 38.4. The summed E-state index contributed by atoms with van der Waals surface area (Å²) in [5.74, 6) is -7.54. The SMILES string of the molecule is COC(=O)[C@]1(N)C[C@H]2C(=O)N[C@]3(C[C@H]4C(=O)N[C@]5(C[C@H]6C(=O)N[C@]7(C[C@H]8C(=O)N[C@@]9(CN[C@H](C(=O)N[C@@H](Cc%10ccc(O)cc%10)C(N)=O)C9)C(=O)N8C7)C(=O)N6C5)C(=O)N4C3)C(=O)N2C1. The number of phenols is 1. The number of nitrogens with zero attached hydrogens (tertiary/aromatic N) is 4. The standard InChI is InChI=1S/C40H46N12O13/c1-65-35(64)36(42)8-21-27(56)46-38(32(61)49(21)13-36)10-23-29(58)48-40(34(63)51(23)15-38)11-24-30(59)47-39(33(62)52(24)16-40)9-22-28(57)45-37(31(60)50(22)14-39)7-20(43-12-37)26(55)44-19(25(41)54)6-17-2-4-18(53)5-3-17/h2-5,19-24,43,53H,6-16,42H2,1H3,(H2,41,54)(H,44,55)(H,45,57)(H,46,56)(H,47,59)(H,48,58)/t19-,20-,21-,22-,23-,24-,36-,37-,38-,39-,40-/m0/s1. The molecule has 9 saturated heterocycles. The van der Waals surface area contributed by atoms with E-state index < -0.39 is 149 Å². The van der Waals surface area contributed by atoms with Gasteiger partial charge < -0.3 is 72.8 Å². The first kappa shape index (κ1) is 42.1. The molecular weight excluding hydrogens is 857 g/mol. The number of fused-ring (bicyclic) bond motifs is 4. The Bertz CT molecular complexity index is 2450. The molecule has 9 aliphatic rings. The third-order valence-corrected chi connectivity index (χ3v) is 15.0. The van der Waals surface area contributed by atoms with E-state index in [-0.39, 0.29) is 57.4 Å². The van der Waals surface area contributed by atoms with Crippen LogP contribution in [-0.4, -0.2) is 194 Å². The molecular formula is C40H46N12O13. The number of amides is 10. The molecule has 0 unspecified atom stereocenters. The first-order valence-electron chi connectivity index (χ1n) is 21.2. The summed E-state index contributed by atoms with van der Waals surface area (Å²) in [5, 5.41) is 26.1. The monoisotopic (exact) mass is 902 g/mol. The highest BCUT2D eigenvalue weighted by atomic mass is 16.5. The van der Waals surface area contributed by atoms with Crippen LogP contribution in [0.5, 0.6) is 5.75 Å². The smallest absolute Gasteiger partial charge is 0.327 e. The van der Waals surface area contributed by atoms with Crippen molar-refractivity contribution in [3.05, 3.63) is 29.8 Å². The molecule has 25 heteroatoms. The molecule has 0 aromatic heterocycles. The molecule has 0 aliphatic carbocycles. The van der Waals surface area contributed by atoms with Gasteiger partial charge in [-0.1, -0.05) is 12.1 Å². The summed E-state index contributed by atoms with van der Waals surface area (Å²) in [6.45, 7) is -1.80. The Labute approximate surface area is 367 Å². The van der Waals surface area contributed by atoms with Gasteiger partial charge in [0, 0.05) is 45.1 Å². The number of piperazine rings is 4. The maximum Gasteiger partial charge on any atom is 0.327 e. The number of methoxy groups -OCH3 is 1. The number of nitrogens with two attached hydrogens (primary N) is 2. The number of nitrogens with one attached hydrogen (secondary N) is 6. The summed E-state index contributed by atoms with van der Waals surface area (Å²) in [6.07, 6.45) is -1.34. The Balaban J connectivity index is 0.830. The number of benzene rings is 1. The Morgan fingerprint density at radius 2 is 1.09 bits per heavy atom. The highest BCUT2D eigenvalue weighted by molar-refractivity contribution is 6.10. The quantitative estimate of drug-likeness (QED) is 0.120. The fourth-order valence-electron chi connectivity index (χ4n) is 11.7. The number of carbonyl (C=O) groups excluding carboxylic acids is 11. The van der Waals surface area contributed by atoms with E-state index in [9.17, 15) is 57.8 Å². The van der Waals surface area contributed by atoms with Crippen LogP contribution in [0.25, 0.3) is 0 Å². The molecule has 11 N–H and O–H groups in total.